The lowest BCUT2D eigenvalue weighted by Crippen LogP contribution is -2.25. The molecule has 0 aliphatic rings. The Morgan fingerprint density at radius 3 is 2.61 bits per heavy atom. The van der Waals surface area contributed by atoms with E-state index in [0.717, 1.165) is 11.3 Å². The first kappa shape index (κ1) is 14.7. The van der Waals surface area contributed by atoms with Crippen molar-refractivity contribution in [3.05, 3.63) is 29.8 Å². The standard InChI is InChI=1S/C15H23NO2/c1-11(2)16-9-8-15(17)13-6-5-7-14(10-13)18-12(3)4/h5-7,10-12,16H,8-9H2,1-4H3. The lowest BCUT2D eigenvalue weighted by Gasteiger charge is -2.11. The van der Waals surface area contributed by atoms with Gasteiger partial charge in [0.2, 0.25) is 0 Å². The summed E-state index contributed by atoms with van der Waals surface area (Å²) in [6.07, 6.45) is 0.640. The molecule has 3 heteroatoms. The van der Waals surface area contributed by atoms with Gasteiger partial charge in [-0.25, -0.2) is 0 Å². The third-order valence-corrected chi connectivity index (χ3v) is 2.43. The van der Waals surface area contributed by atoms with Gasteiger partial charge in [-0.2, -0.15) is 0 Å². The van der Waals surface area contributed by atoms with Gasteiger partial charge in [0.15, 0.2) is 5.78 Å². The molecule has 3 nitrogen and oxygen atoms in total. The first-order valence-electron chi connectivity index (χ1n) is 6.52. The summed E-state index contributed by atoms with van der Waals surface area (Å²) in [5, 5.41) is 3.24. The average Bonchev–Trinajstić information content (AvgIpc) is 2.27. The number of hydrogen-bond donors (Lipinski definition) is 1. The van der Waals surface area contributed by atoms with E-state index in [0.29, 0.717) is 19.0 Å². The number of Topliss-reactive ketones (excluding diaryl/α,β-unsaturated/α-hetero) is 1. The van der Waals surface area contributed by atoms with E-state index in [1.54, 1.807) is 0 Å². The number of carbonyl (C=O) groups excluding carboxylic acids is 1. The molecule has 0 heterocycles. The van der Waals surface area contributed by atoms with Crippen LogP contribution in [0.1, 0.15) is 44.5 Å². The van der Waals surface area contributed by atoms with Crippen molar-refractivity contribution in [1.29, 1.82) is 0 Å². The second-order valence-electron chi connectivity index (χ2n) is 4.98. The van der Waals surface area contributed by atoms with Crippen LogP contribution in [0.4, 0.5) is 0 Å². The molecule has 0 spiro atoms. The Morgan fingerprint density at radius 1 is 1.28 bits per heavy atom. The molecule has 0 amide bonds. The zero-order valence-corrected chi connectivity index (χ0v) is 11.7. The molecule has 1 N–H and O–H groups in total. The lowest BCUT2D eigenvalue weighted by atomic mass is 10.1. The molecule has 0 aromatic heterocycles. The second kappa shape index (κ2) is 7.17. The van der Waals surface area contributed by atoms with Gasteiger partial charge in [-0.1, -0.05) is 26.0 Å². The number of nitrogens with one attached hydrogen (secondary N) is 1. The summed E-state index contributed by atoms with van der Waals surface area (Å²) in [6, 6.07) is 7.81. The topological polar surface area (TPSA) is 38.3 Å². The molecular weight excluding hydrogens is 226 g/mol. The van der Waals surface area contributed by atoms with E-state index in [-0.39, 0.29) is 11.9 Å². The van der Waals surface area contributed by atoms with Crippen molar-refractivity contribution in [3.63, 3.8) is 0 Å². The summed E-state index contributed by atoms with van der Waals surface area (Å²) < 4.78 is 5.58. The van der Waals surface area contributed by atoms with E-state index in [1.807, 2.05) is 38.1 Å². The van der Waals surface area contributed by atoms with Crippen molar-refractivity contribution in [2.45, 2.75) is 46.3 Å². The highest BCUT2D eigenvalue weighted by Crippen LogP contribution is 2.16. The van der Waals surface area contributed by atoms with Gasteiger partial charge < -0.3 is 10.1 Å². The Kier molecular flexibility index (Phi) is 5.86. The van der Waals surface area contributed by atoms with Crippen molar-refractivity contribution in [3.8, 4) is 5.75 Å². The van der Waals surface area contributed by atoms with Crippen molar-refractivity contribution in [2.75, 3.05) is 6.54 Å². The van der Waals surface area contributed by atoms with E-state index >= 15 is 0 Å². The zero-order chi connectivity index (χ0) is 13.5. The van der Waals surface area contributed by atoms with Gasteiger partial charge in [0.05, 0.1) is 6.10 Å². The Hall–Kier alpha value is -1.35. The van der Waals surface area contributed by atoms with Crippen LogP contribution in [0.15, 0.2) is 24.3 Å². The molecule has 1 aromatic carbocycles. The molecule has 0 bridgehead atoms. The van der Waals surface area contributed by atoms with Crippen LogP contribution in [0.3, 0.4) is 0 Å². The number of rotatable bonds is 7. The predicted octanol–water partition coefficient (Wildman–Crippen LogP) is 3.04. The van der Waals surface area contributed by atoms with Gasteiger partial charge >= 0.3 is 0 Å². The third-order valence-electron chi connectivity index (χ3n) is 2.43. The third kappa shape index (κ3) is 5.32. The number of ketones is 1. The Labute approximate surface area is 110 Å². The fourth-order valence-corrected chi connectivity index (χ4v) is 1.63. The predicted molar refractivity (Wildman–Crippen MR) is 74.3 cm³/mol. The summed E-state index contributed by atoms with van der Waals surface area (Å²) in [6.45, 7) is 8.80. The highest BCUT2D eigenvalue weighted by Gasteiger charge is 2.07. The molecule has 0 saturated heterocycles. The highest BCUT2D eigenvalue weighted by atomic mass is 16.5. The minimum Gasteiger partial charge on any atom is -0.491 e. The van der Waals surface area contributed by atoms with Crippen LogP contribution in [-0.4, -0.2) is 24.5 Å². The second-order valence-corrected chi connectivity index (χ2v) is 4.98. The van der Waals surface area contributed by atoms with E-state index in [2.05, 4.69) is 19.2 Å². The molecule has 0 unspecified atom stereocenters. The van der Waals surface area contributed by atoms with Crippen molar-refractivity contribution in [2.24, 2.45) is 0 Å². The summed E-state index contributed by atoms with van der Waals surface area (Å²) in [5.74, 6) is 0.907. The van der Waals surface area contributed by atoms with Crippen LogP contribution < -0.4 is 10.1 Å². The molecule has 1 rings (SSSR count). The van der Waals surface area contributed by atoms with Crippen molar-refractivity contribution < 1.29 is 9.53 Å². The molecule has 0 aliphatic carbocycles. The Bertz CT molecular complexity index is 386. The molecule has 0 radical (unpaired) electrons. The Morgan fingerprint density at radius 2 is 2.00 bits per heavy atom. The minimum atomic E-state index is 0.123. The van der Waals surface area contributed by atoms with Gasteiger partial charge in [0, 0.05) is 24.6 Å². The normalized spacial score (nSPS) is 11.0. The lowest BCUT2D eigenvalue weighted by molar-refractivity contribution is 0.0981. The maximum atomic E-state index is 12.0. The van der Waals surface area contributed by atoms with Crippen molar-refractivity contribution >= 4 is 5.78 Å². The molecule has 0 saturated carbocycles. The summed E-state index contributed by atoms with van der Waals surface area (Å²) >= 11 is 0. The Balaban J connectivity index is 2.57. The number of benzene rings is 1. The largest absolute Gasteiger partial charge is 0.491 e. The molecule has 100 valence electrons. The maximum Gasteiger partial charge on any atom is 0.164 e. The number of hydrogen-bond acceptors (Lipinski definition) is 3. The summed E-state index contributed by atoms with van der Waals surface area (Å²) in [4.78, 5) is 12.0. The molecular formula is C15H23NO2. The summed E-state index contributed by atoms with van der Waals surface area (Å²) in [7, 11) is 0. The first-order chi connectivity index (χ1) is 8.49. The monoisotopic (exact) mass is 249 g/mol. The number of carbonyl (C=O) groups is 1. The summed E-state index contributed by atoms with van der Waals surface area (Å²) in [5.41, 5.74) is 0.721. The van der Waals surface area contributed by atoms with E-state index in [4.69, 9.17) is 4.74 Å². The van der Waals surface area contributed by atoms with Gasteiger partial charge in [0.25, 0.3) is 0 Å². The van der Waals surface area contributed by atoms with Crippen LogP contribution in [0.25, 0.3) is 0 Å². The van der Waals surface area contributed by atoms with Gasteiger partial charge in [-0.05, 0) is 26.0 Å². The van der Waals surface area contributed by atoms with Crippen LogP contribution in [0.2, 0.25) is 0 Å². The fraction of sp³-hybridized carbons (Fsp3) is 0.533. The van der Waals surface area contributed by atoms with Gasteiger partial charge in [-0.15, -0.1) is 0 Å². The van der Waals surface area contributed by atoms with Crippen LogP contribution in [-0.2, 0) is 0 Å². The quantitative estimate of drug-likeness (QED) is 0.755. The smallest absolute Gasteiger partial charge is 0.164 e. The zero-order valence-electron chi connectivity index (χ0n) is 11.7. The van der Waals surface area contributed by atoms with E-state index in [1.165, 1.54) is 0 Å². The van der Waals surface area contributed by atoms with Gasteiger partial charge in [0.1, 0.15) is 5.75 Å². The molecule has 18 heavy (non-hydrogen) atoms. The SMILES string of the molecule is CC(C)NCCC(=O)c1cccc(OC(C)C)c1. The maximum absolute atomic E-state index is 12.0. The molecule has 0 aliphatic heterocycles. The molecule has 1 aromatic rings. The molecule has 0 atom stereocenters. The van der Waals surface area contributed by atoms with Crippen molar-refractivity contribution in [1.82, 2.24) is 5.32 Å². The van der Waals surface area contributed by atoms with Gasteiger partial charge in [-0.3, -0.25) is 4.79 Å². The van der Waals surface area contributed by atoms with Crippen LogP contribution in [0, 0.1) is 0 Å². The molecule has 0 fully saturated rings. The highest BCUT2D eigenvalue weighted by molar-refractivity contribution is 5.96. The average molecular weight is 249 g/mol. The minimum absolute atomic E-state index is 0.123. The van der Waals surface area contributed by atoms with Crippen LogP contribution >= 0.6 is 0 Å². The number of ether oxygens (including phenoxy) is 1. The van der Waals surface area contributed by atoms with E-state index < -0.39 is 0 Å². The van der Waals surface area contributed by atoms with E-state index in [9.17, 15) is 4.79 Å². The van der Waals surface area contributed by atoms with Crippen LogP contribution in [0.5, 0.6) is 5.75 Å². The fourth-order valence-electron chi connectivity index (χ4n) is 1.63. The first-order valence-corrected chi connectivity index (χ1v) is 6.52.